The molecule has 1 aromatic heterocycles. The molecule has 1 unspecified atom stereocenters. The normalized spacial score (nSPS) is 18.9. The number of rotatable bonds is 3. The molecule has 2 heterocycles. The average Bonchev–Trinajstić information content (AvgIpc) is 2.77. The number of carbonyl (C=O) groups is 2. The van der Waals surface area contributed by atoms with E-state index in [1.807, 2.05) is 20.8 Å². The second-order valence-electron chi connectivity index (χ2n) is 4.76. The molecule has 0 saturated carbocycles. The number of hydrogen-bond donors (Lipinski definition) is 2. The van der Waals surface area contributed by atoms with Crippen LogP contribution in [-0.4, -0.2) is 53.9 Å². The van der Waals surface area contributed by atoms with Crippen LogP contribution in [0.3, 0.4) is 0 Å². The topological polar surface area (TPSA) is 74.3 Å². The maximum absolute atomic E-state index is 12.6. The van der Waals surface area contributed by atoms with E-state index in [0.29, 0.717) is 31.1 Å². The molecule has 1 aliphatic rings. The number of carbonyl (C=O) groups excluding carboxylic acids is 2. The molecule has 20 heavy (non-hydrogen) atoms. The molecule has 0 radical (unpaired) electrons. The number of nitrogens with one attached hydrogen (secondary N) is 2. The maximum atomic E-state index is 12.6. The number of aryl methyl sites for hydroxylation is 2. The summed E-state index contributed by atoms with van der Waals surface area (Å²) in [6.07, 6.45) is 0. The standard InChI is InChI=1S/C13H20N4O2S/c1-4-15-12(18)10-7-14-5-6-17(10)13(19)11-8(2)16-9(3)20-11/h10,14H,4-7H2,1-3H3,(H,15,18). The van der Waals surface area contributed by atoms with Crippen LogP contribution in [0.4, 0.5) is 0 Å². The van der Waals surface area contributed by atoms with E-state index in [2.05, 4.69) is 15.6 Å². The molecule has 1 atom stereocenters. The van der Waals surface area contributed by atoms with E-state index in [-0.39, 0.29) is 11.8 Å². The van der Waals surface area contributed by atoms with Gasteiger partial charge in [0, 0.05) is 26.2 Å². The first-order chi connectivity index (χ1) is 9.54. The number of likely N-dealkylation sites (N-methyl/N-ethyl adjacent to an activating group) is 1. The maximum Gasteiger partial charge on any atom is 0.266 e. The van der Waals surface area contributed by atoms with Crippen LogP contribution in [0.15, 0.2) is 0 Å². The van der Waals surface area contributed by atoms with E-state index in [1.165, 1.54) is 11.3 Å². The second kappa shape index (κ2) is 6.32. The van der Waals surface area contributed by atoms with Crippen LogP contribution in [0.25, 0.3) is 0 Å². The van der Waals surface area contributed by atoms with Crippen LogP contribution in [-0.2, 0) is 4.79 Å². The lowest BCUT2D eigenvalue weighted by Crippen LogP contribution is -2.59. The van der Waals surface area contributed by atoms with Crippen molar-refractivity contribution in [3.63, 3.8) is 0 Å². The van der Waals surface area contributed by atoms with Gasteiger partial charge >= 0.3 is 0 Å². The van der Waals surface area contributed by atoms with Gasteiger partial charge in [0.25, 0.3) is 5.91 Å². The van der Waals surface area contributed by atoms with Gasteiger partial charge in [-0.05, 0) is 20.8 Å². The van der Waals surface area contributed by atoms with E-state index in [1.54, 1.807) is 4.90 Å². The zero-order chi connectivity index (χ0) is 14.7. The van der Waals surface area contributed by atoms with Crippen molar-refractivity contribution in [1.29, 1.82) is 0 Å². The Kier molecular flexibility index (Phi) is 4.72. The van der Waals surface area contributed by atoms with Crippen LogP contribution in [0, 0.1) is 13.8 Å². The molecule has 2 N–H and O–H groups in total. The zero-order valence-electron chi connectivity index (χ0n) is 12.0. The summed E-state index contributed by atoms with van der Waals surface area (Å²) in [5.74, 6) is -0.196. The third-order valence-corrected chi connectivity index (χ3v) is 4.32. The highest BCUT2D eigenvalue weighted by Gasteiger charge is 2.33. The summed E-state index contributed by atoms with van der Waals surface area (Å²) in [5, 5.41) is 6.82. The molecule has 0 spiro atoms. The predicted octanol–water partition coefficient (Wildman–Crippen LogP) is 0.310. The molecule has 0 aliphatic carbocycles. The second-order valence-corrected chi connectivity index (χ2v) is 5.96. The smallest absolute Gasteiger partial charge is 0.266 e. The molecule has 1 saturated heterocycles. The number of thiazole rings is 1. The molecule has 6 nitrogen and oxygen atoms in total. The molecule has 110 valence electrons. The van der Waals surface area contributed by atoms with Gasteiger partial charge in [-0.25, -0.2) is 4.98 Å². The van der Waals surface area contributed by atoms with Crippen LogP contribution in [0.5, 0.6) is 0 Å². The van der Waals surface area contributed by atoms with Crippen molar-refractivity contribution in [1.82, 2.24) is 20.5 Å². The quantitative estimate of drug-likeness (QED) is 0.842. The highest BCUT2D eigenvalue weighted by atomic mass is 32.1. The highest BCUT2D eigenvalue weighted by molar-refractivity contribution is 7.13. The average molecular weight is 296 g/mol. The number of amides is 2. The first kappa shape index (κ1) is 14.9. The summed E-state index contributed by atoms with van der Waals surface area (Å²) in [6.45, 7) is 7.89. The fraction of sp³-hybridized carbons (Fsp3) is 0.615. The van der Waals surface area contributed by atoms with E-state index in [9.17, 15) is 9.59 Å². The molecule has 0 bridgehead atoms. The van der Waals surface area contributed by atoms with Crippen molar-refractivity contribution in [2.24, 2.45) is 0 Å². The summed E-state index contributed by atoms with van der Waals surface area (Å²) < 4.78 is 0. The molecular weight excluding hydrogens is 276 g/mol. The molecule has 2 rings (SSSR count). The molecule has 1 aliphatic heterocycles. The largest absolute Gasteiger partial charge is 0.355 e. The van der Waals surface area contributed by atoms with Gasteiger partial charge in [0.15, 0.2) is 0 Å². The van der Waals surface area contributed by atoms with E-state index >= 15 is 0 Å². The Morgan fingerprint density at radius 1 is 1.50 bits per heavy atom. The van der Waals surface area contributed by atoms with Crippen LogP contribution in [0.1, 0.15) is 27.3 Å². The fourth-order valence-electron chi connectivity index (χ4n) is 2.33. The summed E-state index contributed by atoms with van der Waals surface area (Å²) in [7, 11) is 0. The van der Waals surface area contributed by atoms with Crippen LogP contribution >= 0.6 is 11.3 Å². The van der Waals surface area contributed by atoms with Crippen molar-refractivity contribution >= 4 is 23.2 Å². The molecule has 7 heteroatoms. The minimum absolute atomic E-state index is 0.0918. The molecule has 0 aromatic carbocycles. The predicted molar refractivity (Wildman–Crippen MR) is 78.0 cm³/mol. The highest BCUT2D eigenvalue weighted by Crippen LogP contribution is 2.21. The van der Waals surface area contributed by atoms with Crippen LogP contribution < -0.4 is 10.6 Å². The minimum atomic E-state index is -0.446. The Labute approximate surface area is 122 Å². The van der Waals surface area contributed by atoms with Gasteiger partial charge in [-0.3, -0.25) is 9.59 Å². The summed E-state index contributed by atoms with van der Waals surface area (Å²) in [5.41, 5.74) is 0.741. The lowest BCUT2D eigenvalue weighted by molar-refractivity contribution is -0.126. The molecular formula is C13H20N4O2S. The van der Waals surface area contributed by atoms with Crippen molar-refractivity contribution < 1.29 is 9.59 Å². The Bertz CT molecular complexity index is 514. The van der Waals surface area contributed by atoms with Gasteiger partial charge in [-0.15, -0.1) is 11.3 Å². The third kappa shape index (κ3) is 2.99. The van der Waals surface area contributed by atoms with Crippen molar-refractivity contribution in [3.05, 3.63) is 15.6 Å². The summed E-state index contributed by atoms with van der Waals surface area (Å²) >= 11 is 1.39. The SMILES string of the molecule is CCNC(=O)C1CNCCN1C(=O)c1sc(C)nc1C. The van der Waals surface area contributed by atoms with E-state index in [4.69, 9.17) is 0 Å². The fourth-order valence-corrected chi connectivity index (χ4v) is 3.21. The Hall–Kier alpha value is -1.47. The Balaban J connectivity index is 2.21. The van der Waals surface area contributed by atoms with E-state index in [0.717, 1.165) is 10.7 Å². The van der Waals surface area contributed by atoms with E-state index < -0.39 is 6.04 Å². The lowest BCUT2D eigenvalue weighted by Gasteiger charge is -2.34. The molecule has 1 fully saturated rings. The number of hydrogen-bond acceptors (Lipinski definition) is 5. The molecule has 1 aromatic rings. The van der Waals surface area contributed by atoms with Gasteiger partial charge in [-0.2, -0.15) is 0 Å². The zero-order valence-corrected chi connectivity index (χ0v) is 12.8. The van der Waals surface area contributed by atoms with Gasteiger partial charge in [0.05, 0.1) is 10.7 Å². The van der Waals surface area contributed by atoms with Crippen molar-refractivity contribution in [2.45, 2.75) is 26.8 Å². The van der Waals surface area contributed by atoms with Gasteiger partial charge in [0.2, 0.25) is 5.91 Å². The van der Waals surface area contributed by atoms with Gasteiger partial charge in [0.1, 0.15) is 10.9 Å². The lowest BCUT2D eigenvalue weighted by atomic mass is 10.1. The van der Waals surface area contributed by atoms with Crippen molar-refractivity contribution in [2.75, 3.05) is 26.2 Å². The molecule has 2 amide bonds. The van der Waals surface area contributed by atoms with Crippen LogP contribution in [0.2, 0.25) is 0 Å². The van der Waals surface area contributed by atoms with Crippen molar-refractivity contribution in [3.8, 4) is 0 Å². The minimum Gasteiger partial charge on any atom is -0.355 e. The first-order valence-electron chi connectivity index (χ1n) is 6.78. The van der Waals surface area contributed by atoms with Gasteiger partial charge < -0.3 is 15.5 Å². The van der Waals surface area contributed by atoms with Gasteiger partial charge in [-0.1, -0.05) is 0 Å². The summed E-state index contributed by atoms with van der Waals surface area (Å²) in [6, 6.07) is -0.446. The Morgan fingerprint density at radius 2 is 2.25 bits per heavy atom. The number of piperazine rings is 1. The number of aromatic nitrogens is 1. The monoisotopic (exact) mass is 296 g/mol. The number of nitrogens with zero attached hydrogens (tertiary/aromatic N) is 2. The first-order valence-corrected chi connectivity index (χ1v) is 7.59. The third-order valence-electron chi connectivity index (χ3n) is 3.26. The Morgan fingerprint density at radius 3 is 2.85 bits per heavy atom. The summed E-state index contributed by atoms with van der Waals surface area (Å²) in [4.78, 5) is 31.3.